The fourth-order valence-electron chi connectivity index (χ4n) is 2.77. The fourth-order valence-corrected chi connectivity index (χ4v) is 2.77. The van der Waals surface area contributed by atoms with Crippen molar-refractivity contribution in [1.29, 1.82) is 0 Å². The van der Waals surface area contributed by atoms with Gasteiger partial charge in [0.25, 0.3) is 0 Å². The lowest BCUT2D eigenvalue weighted by Crippen LogP contribution is -2.57. The number of amides is 2. The van der Waals surface area contributed by atoms with Gasteiger partial charge in [0.05, 0.1) is 0 Å². The minimum absolute atomic E-state index is 0.00852. The largest absolute Gasteiger partial charge is 0.321 e. The van der Waals surface area contributed by atoms with Crippen molar-refractivity contribution in [3.05, 3.63) is 29.3 Å². The Hall–Kier alpha value is -1.55. The van der Waals surface area contributed by atoms with Crippen LogP contribution in [0.5, 0.6) is 0 Å². The number of hydrogen-bond donors (Lipinski definition) is 1. The minimum atomic E-state index is 0.00852. The third-order valence-corrected chi connectivity index (χ3v) is 4.36. The second-order valence-electron chi connectivity index (χ2n) is 5.97. The first-order valence-electron chi connectivity index (χ1n) is 7.24. The topological polar surface area (TPSA) is 35.6 Å². The van der Waals surface area contributed by atoms with Crippen molar-refractivity contribution in [2.45, 2.75) is 39.8 Å². The Labute approximate surface area is 121 Å². The SMILES string of the molecule is Cc1cccc(C)c1NC(=O)N1C[C@@H](C)N(C)[C@@H](C)C1. The zero-order chi connectivity index (χ0) is 14.9. The van der Waals surface area contributed by atoms with Crippen LogP contribution in [0, 0.1) is 13.8 Å². The molecule has 20 heavy (non-hydrogen) atoms. The van der Waals surface area contributed by atoms with Gasteiger partial charge in [0, 0.05) is 30.9 Å². The van der Waals surface area contributed by atoms with Crippen LogP contribution < -0.4 is 5.32 Å². The Morgan fingerprint density at radius 2 is 1.65 bits per heavy atom. The molecular weight excluding hydrogens is 250 g/mol. The maximum absolute atomic E-state index is 12.5. The van der Waals surface area contributed by atoms with Crippen molar-refractivity contribution >= 4 is 11.7 Å². The van der Waals surface area contributed by atoms with Gasteiger partial charge >= 0.3 is 6.03 Å². The normalized spacial score (nSPS) is 23.8. The molecule has 1 fully saturated rings. The smallest absolute Gasteiger partial charge is 0.321 e. The first-order chi connectivity index (χ1) is 9.40. The van der Waals surface area contributed by atoms with Crippen molar-refractivity contribution in [3.8, 4) is 0 Å². The number of aryl methyl sites for hydroxylation is 2. The van der Waals surface area contributed by atoms with Crippen LogP contribution in [0.1, 0.15) is 25.0 Å². The molecule has 0 radical (unpaired) electrons. The lowest BCUT2D eigenvalue weighted by Gasteiger charge is -2.42. The maximum Gasteiger partial charge on any atom is 0.321 e. The third kappa shape index (κ3) is 2.96. The van der Waals surface area contributed by atoms with E-state index in [4.69, 9.17) is 0 Å². The summed E-state index contributed by atoms with van der Waals surface area (Å²) in [4.78, 5) is 16.7. The van der Waals surface area contributed by atoms with E-state index in [0.717, 1.165) is 29.9 Å². The summed E-state index contributed by atoms with van der Waals surface area (Å²) in [6.07, 6.45) is 0. The number of para-hydroxylation sites is 1. The number of nitrogens with zero attached hydrogens (tertiary/aromatic N) is 2. The zero-order valence-electron chi connectivity index (χ0n) is 13.1. The van der Waals surface area contributed by atoms with Crippen LogP contribution >= 0.6 is 0 Å². The highest BCUT2D eigenvalue weighted by atomic mass is 16.2. The Kier molecular flexibility index (Phi) is 4.33. The van der Waals surface area contributed by atoms with E-state index < -0.39 is 0 Å². The summed E-state index contributed by atoms with van der Waals surface area (Å²) in [5.74, 6) is 0. The van der Waals surface area contributed by atoms with E-state index in [9.17, 15) is 4.79 Å². The summed E-state index contributed by atoms with van der Waals surface area (Å²) in [6, 6.07) is 6.86. The molecule has 1 heterocycles. The fraction of sp³-hybridized carbons (Fsp3) is 0.562. The molecule has 1 aliphatic rings. The summed E-state index contributed by atoms with van der Waals surface area (Å²) < 4.78 is 0. The van der Waals surface area contributed by atoms with Gasteiger partial charge in [0.1, 0.15) is 0 Å². The predicted molar refractivity (Wildman–Crippen MR) is 83.2 cm³/mol. The van der Waals surface area contributed by atoms with Gasteiger partial charge in [0.15, 0.2) is 0 Å². The highest BCUT2D eigenvalue weighted by molar-refractivity contribution is 5.91. The first kappa shape index (κ1) is 14.9. The summed E-state index contributed by atoms with van der Waals surface area (Å²) >= 11 is 0. The van der Waals surface area contributed by atoms with E-state index in [1.165, 1.54) is 0 Å². The number of urea groups is 1. The van der Waals surface area contributed by atoms with Gasteiger partial charge in [-0.2, -0.15) is 0 Å². The molecule has 0 unspecified atom stereocenters. The van der Waals surface area contributed by atoms with Gasteiger partial charge in [-0.25, -0.2) is 4.79 Å². The molecule has 1 N–H and O–H groups in total. The van der Waals surface area contributed by atoms with Gasteiger partial charge in [-0.3, -0.25) is 4.90 Å². The molecule has 110 valence electrons. The van der Waals surface area contributed by atoms with E-state index in [1.54, 1.807) is 0 Å². The van der Waals surface area contributed by atoms with Crippen molar-refractivity contribution in [2.24, 2.45) is 0 Å². The molecule has 2 atom stereocenters. The Bertz CT molecular complexity index is 468. The number of rotatable bonds is 1. The number of carbonyl (C=O) groups excluding carboxylic acids is 1. The third-order valence-electron chi connectivity index (χ3n) is 4.36. The van der Waals surface area contributed by atoms with E-state index >= 15 is 0 Å². The number of hydrogen-bond acceptors (Lipinski definition) is 2. The monoisotopic (exact) mass is 275 g/mol. The lowest BCUT2D eigenvalue weighted by atomic mass is 10.1. The molecule has 0 spiro atoms. The van der Waals surface area contributed by atoms with E-state index in [0.29, 0.717) is 12.1 Å². The van der Waals surface area contributed by atoms with E-state index in [-0.39, 0.29) is 6.03 Å². The zero-order valence-corrected chi connectivity index (χ0v) is 13.1. The minimum Gasteiger partial charge on any atom is -0.321 e. The van der Waals surface area contributed by atoms with Crippen molar-refractivity contribution in [3.63, 3.8) is 0 Å². The highest BCUT2D eigenvalue weighted by Crippen LogP contribution is 2.21. The molecule has 1 aliphatic heterocycles. The van der Waals surface area contributed by atoms with E-state index in [1.807, 2.05) is 36.9 Å². The van der Waals surface area contributed by atoms with Gasteiger partial charge in [-0.15, -0.1) is 0 Å². The van der Waals surface area contributed by atoms with Crippen molar-refractivity contribution in [2.75, 3.05) is 25.5 Å². The van der Waals surface area contributed by atoms with E-state index in [2.05, 4.69) is 31.1 Å². The molecule has 4 nitrogen and oxygen atoms in total. The molecule has 0 saturated carbocycles. The molecule has 1 aromatic rings. The van der Waals surface area contributed by atoms with Crippen LogP contribution in [0.15, 0.2) is 18.2 Å². The number of nitrogens with one attached hydrogen (secondary N) is 1. The standard InChI is InChI=1S/C16H25N3O/c1-11-7-6-8-12(2)15(11)17-16(20)19-9-13(3)18(5)14(4)10-19/h6-8,13-14H,9-10H2,1-5H3,(H,17,20)/t13-,14+. The van der Waals surface area contributed by atoms with Crippen molar-refractivity contribution in [1.82, 2.24) is 9.80 Å². The van der Waals surface area contributed by atoms with Crippen LogP contribution in [0.2, 0.25) is 0 Å². The van der Waals surface area contributed by atoms with Gasteiger partial charge < -0.3 is 10.2 Å². The second kappa shape index (κ2) is 5.83. The maximum atomic E-state index is 12.5. The lowest BCUT2D eigenvalue weighted by molar-refractivity contribution is 0.0816. The van der Waals surface area contributed by atoms with Crippen molar-refractivity contribution < 1.29 is 4.79 Å². The van der Waals surface area contributed by atoms with Gasteiger partial charge in [-0.1, -0.05) is 18.2 Å². The number of likely N-dealkylation sites (N-methyl/N-ethyl adjacent to an activating group) is 1. The Morgan fingerprint density at radius 1 is 1.15 bits per heavy atom. The number of benzene rings is 1. The molecular formula is C16H25N3O. The molecule has 4 heteroatoms. The summed E-state index contributed by atoms with van der Waals surface area (Å²) in [5.41, 5.74) is 3.15. The predicted octanol–water partition coefficient (Wildman–Crippen LogP) is 2.86. The average Bonchev–Trinajstić information content (AvgIpc) is 2.39. The average molecular weight is 275 g/mol. The van der Waals surface area contributed by atoms with Crippen LogP contribution in [-0.4, -0.2) is 48.1 Å². The molecule has 0 aliphatic carbocycles. The summed E-state index contributed by atoms with van der Waals surface area (Å²) in [7, 11) is 2.12. The molecule has 0 bridgehead atoms. The van der Waals surface area contributed by atoms with Gasteiger partial charge in [-0.05, 0) is 45.9 Å². The molecule has 1 aromatic carbocycles. The summed E-state index contributed by atoms with van der Waals surface area (Å²) in [5, 5.41) is 3.07. The number of piperazine rings is 1. The quantitative estimate of drug-likeness (QED) is 0.855. The van der Waals surface area contributed by atoms with Crippen LogP contribution in [-0.2, 0) is 0 Å². The molecule has 2 rings (SSSR count). The van der Waals surface area contributed by atoms with Crippen LogP contribution in [0.4, 0.5) is 10.5 Å². The molecule has 0 aromatic heterocycles. The van der Waals surface area contributed by atoms with Crippen LogP contribution in [0.3, 0.4) is 0 Å². The molecule has 1 saturated heterocycles. The van der Waals surface area contributed by atoms with Gasteiger partial charge in [0.2, 0.25) is 0 Å². The number of anilines is 1. The first-order valence-corrected chi connectivity index (χ1v) is 7.24. The Morgan fingerprint density at radius 3 is 2.15 bits per heavy atom. The number of carbonyl (C=O) groups is 1. The highest BCUT2D eigenvalue weighted by Gasteiger charge is 2.29. The Balaban J connectivity index is 2.09. The van der Waals surface area contributed by atoms with Crippen LogP contribution in [0.25, 0.3) is 0 Å². The summed E-state index contributed by atoms with van der Waals surface area (Å²) in [6.45, 7) is 9.93. The molecule has 2 amide bonds. The second-order valence-corrected chi connectivity index (χ2v) is 5.97.